The van der Waals surface area contributed by atoms with Gasteiger partial charge in [0.2, 0.25) is 11.8 Å². The van der Waals surface area contributed by atoms with Crippen LogP contribution in [0.2, 0.25) is 0 Å². The van der Waals surface area contributed by atoms with Crippen LogP contribution in [-0.2, 0) is 9.59 Å². The zero-order valence-corrected chi connectivity index (χ0v) is 18.3. The van der Waals surface area contributed by atoms with E-state index in [9.17, 15) is 9.59 Å². The molecule has 1 aromatic heterocycles. The largest absolute Gasteiger partial charge is 0.329 e. The highest BCUT2D eigenvalue weighted by Gasteiger charge is 2.40. The van der Waals surface area contributed by atoms with Crippen molar-refractivity contribution < 1.29 is 9.59 Å². The number of anilines is 1. The summed E-state index contributed by atoms with van der Waals surface area (Å²) in [6, 6.07) is 8.68. The van der Waals surface area contributed by atoms with Crippen molar-refractivity contribution in [3.8, 4) is 11.3 Å². The van der Waals surface area contributed by atoms with Crippen LogP contribution in [0.4, 0.5) is 5.00 Å². The summed E-state index contributed by atoms with van der Waals surface area (Å²) in [6.45, 7) is 0.575. The van der Waals surface area contributed by atoms with Crippen molar-refractivity contribution >= 4 is 40.1 Å². The van der Waals surface area contributed by atoms with Crippen molar-refractivity contribution in [1.82, 2.24) is 19.3 Å². The van der Waals surface area contributed by atoms with Crippen molar-refractivity contribution in [3.05, 3.63) is 30.3 Å². The quantitative estimate of drug-likeness (QED) is 0.657. The average Bonchev–Trinajstić information content (AvgIpc) is 3.45. The van der Waals surface area contributed by atoms with Crippen LogP contribution in [0.25, 0.3) is 11.3 Å². The fourth-order valence-corrected chi connectivity index (χ4v) is 5.41. The van der Waals surface area contributed by atoms with Gasteiger partial charge >= 0.3 is 0 Å². The van der Waals surface area contributed by atoms with E-state index < -0.39 is 12.1 Å². The first kappa shape index (κ1) is 21.2. The standard InChI is InChI=1S/C21H26ClN5O2S/c22-24-18(15-10-5-2-6-11-15)21(29)27-13-7-12-16(27)19(28)23-20-17(25-26-30-20)14-8-3-1-4-9-14/h1,3-4,8-9,15-16,18,24H,2,5-7,10-13H2,(H,23,28)/t16-,18-/m0/s1. The second-order valence-electron chi connectivity index (χ2n) is 7.98. The molecular weight excluding hydrogens is 422 g/mol. The molecule has 1 aliphatic heterocycles. The predicted molar refractivity (Wildman–Crippen MR) is 118 cm³/mol. The Morgan fingerprint density at radius 1 is 1.10 bits per heavy atom. The second-order valence-corrected chi connectivity index (χ2v) is 8.95. The van der Waals surface area contributed by atoms with E-state index >= 15 is 0 Å². The van der Waals surface area contributed by atoms with Crippen LogP contribution in [0.3, 0.4) is 0 Å². The number of hydrogen-bond acceptors (Lipinski definition) is 6. The van der Waals surface area contributed by atoms with Crippen molar-refractivity contribution in [2.45, 2.75) is 57.0 Å². The summed E-state index contributed by atoms with van der Waals surface area (Å²) in [5, 5.41) is 7.73. The molecule has 0 radical (unpaired) electrons. The van der Waals surface area contributed by atoms with E-state index in [2.05, 4.69) is 19.7 Å². The maximum atomic E-state index is 13.3. The first-order chi connectivity index (χ1) is 14.7. The summed E-state index contributed by atoms with van der Waals surface area (Å²) >= 11 is 7.14. The number of hydrogen-bond donors (Lipinski definition) is 2. The highest BCUT2D eigenvalue weighted by molar-refractivity contribution is 7.10. The molecule has 1 saturated heterocycles. The van der Waals surface area contributed by atoms with Gasteiger partial charge in [0.25, 0.3) is 0 Å². The Morgan fingerprint density at radius 3 is 2.60 bits per heavy atom. The van der Waals surface area contributed by atoms with Crippen LogP contribution < -0.4 is 10.2 Å². The van der Waals surface area contributed by atoms with Gasteiger partial charge in [-0.1, -0.05) is 54.1 Å². The number of amides is 2. The smallest absolute Gasteiger partial charge is 0.247 e. The summed E-state index contributed by atoms with van der Waals surface area (Å²) in [4.78, 5) is 30.8. The molecule has 2 N–H and O–H groups in total. The minimum Gasteiger partial charge on any atom is -0.329 e. The SMILES string of the molecule is O=C(Nc1snnc1-c1ccccc1)[C@@H]1CCCN1C(=O)[C@@H](NCl)C1CCCCC1. The van der Waals surface area contributed by atoms with E-state index in [1.807, 2.05) is 30.3 Å². The molecule has 1 aromatic carbocycles. The van der Waals surface area contributed by atoms with Gasteiger partial charge in [0.15, 0.2) is 0 Å². The Morgan fingerprint density at radius 2 is 1.87 bits per heavy atom. The number of carbonyl (C=O) groups excluding carboxylic acids is 2. The highest BCUT2D eigenvalue weighted by Crippen LogP contribution is 2.31. The minimum absolute atomic E-state index is 0.0692. The van der Waals surface area contributed by atoms with Crippen molar-refractivity contribution in [1.29, 1.82) is 0 Å². The average molecular weight is 448 g/mol. The van der Waals surface area contributed by atoms with E-state index in [0.29, 0.717) is 23.7 Å². The van der Waals surface area contributed by atoms with E-state index in [4.69, 9.17) is 11.8 Å². The third-order valence-corrected chi connectivity index (χ3v) is 6.99. The van der Waals surface area contributed by atoms with Gasteiger partial charge in [0.05, 0.1) is 0 Å². The molecule has 2 fully saturated rings. The van der Waals surface area contributed by atoms with Crippen LogP contribution in [0, 0.1) is 5.92 Å². The summed E-state index contributed by atoms with van der Waals surface area (Å²) < 4.78 is 4.00. The molecule has 4 rings (SSSR count). The van der Waals surface area contributed by atoms with Crippen molar-refractivity contribution in [3.63, 3.8) is 0 Å². The Kier molecular flexibility index (Phi) is 6.97. The van der Waals surface area contributed by atoms with Gasteiger partial charge < -0.3 is 10.2 Å². The lowest BCUT2D eigenvalue weighted by Crippen LogP contribution is -2.52. The third kappa shape index (κ3) is 4.50. The van der Waals surface area contributed by atoms with E-state index in [0.717, 1.165) is 49.2 Å². The number of carbonyl (C=O) groups is 2. The van der Waals surface area contributed by atoms with Gasteiger partial charge in [-0.05, 0) is 43.4 Å². The van der Waals surface area contributed by atoms with Gasteiger partial charge in [0.1, 0.15) is 22.8 Å². The maximum absolute atomic E-state index is 13.3. The predicted octanol–water partition coefficient (Wildman–Crippen LogP) is 3.83. The summed E-state index contributed by atoms with van der Waals surface area (Å²) in [6.07, 6.45) is 6.89. The topological polar surface area (TPSA) is 87.2 Å². The lowest BCUT2D eigenvalue weighted by atomic mass is 9.83. The number of likely N-dealkylation sites (tertiary alicyclic amines) is 1. The van der Waals surface area contributed by atoms with Gasteiger partial charge in [0, 0.05) is 23.6 Å². The number of rotatable bonds is 6. The number of aromatic nitrogens is 2. The lowest BCUT2D eigenvalue weighted by Gasteiger charge is -2.33. The molecule has 0 bridgehead atoms. The molecule has 2 heterocycles. The Hall–Kier alpha value is -2.03. The summed E-state index contributed by atoms with van der Waals surface area (Å²) in [5.74, 6) is -0.0373. The normalized spacial score (nSPS) is 20.8. The van der Waals surface area contributed by atoms with Crippen LogP contribution >= 0.6 is 23.3 Å². The fourth-order valence-electron chi connectivity index (χ4n) is 4.54. The van der Waals surface area contributed by atoms with Gasteiger partial charge in [-0.2, -0.15) is 0 Å². The van der Waals surface area contributed by atoms with E-state index in [-0.39, 0.29) is 17.7 Å². The van der Waals surface area contributed by atoms with Crippen molar-refractivity contribution in [2.24, 2.45) is 5.92 Å². The summed E-state index contributed by atoms with van der Waals surface area (Å²) in [5.41, 5.74) is 1.54. The minimum atomic E-state index is -0.501. The Labute approximate surface area is 185 Å². The van der Waals surface area contributed by atoms with E-state index in [1.54, 1.807) is 4.90 Å². The molecule has 7 nitrogen and oxygen atoms in total. The molecule has 2 aromatic rings. The molecular formula is C21H26ClN5O2S. The number of benzene rings is 1. The highest BCUT2D eigenvalue weighted by atomic mass is 35.5. The fraction of sp³-hybridized carbons (Fsp3) is 0.524. The Balaban J connectivity index is 1.46. The molecule has 30 heavy (non-hydrogen) atoms. The molecule has 0 spiro atoms. The zero-order valence-electron chi connectivity index (χ0n) is 16.7. The van der Waals surface area contributed by atoms with Gasteiger partial charge in [-0.3, -0.25) is 9.59 Å². The summed E-state index contributed by atoms with van der Waals surface area (Å²) in [7, 11) is 0. The molecule has 0 unspecified atom stereocenters. The maximum Gasteiger partial charge on any atom is 0.247 e. The van der Waals surface area contributed by atoms with Gasteiger partial charge in [-0.25, -0.2) is 4.84 Å². The monoisotopic (exact) mass is 447 g/mol. The van der Waals surface area contributed by atoms with Crippen LogP contribution in [0.5, 0.6) is 0 Å². The van der Waals surface area contributed by atoms with Crippen LogP contribution in [-0.4, -0.2) is 44.9 Å². The zero-order chi connectivity index (χ0) is 20.9. The molecule has 2 amide bonds. The van der Waals surface area contributed by atoms with Gasteiger partial charge in [-0.15, -0.1) is 5.10 Å². The molecule has 1 aliphatic carbocycles. The van der Waals surface area contributed by atoms with Crippen molar-refractivity contribution in [2.75, 3.05) is 11.9 Å². The molecule has 2 atom stereocenters. The van der Waals surface area contributed by atoms with E-state index in [1.165, 1.54) is 6.42 Å². The molecule has 1 saturated carbocycles. The lowest BCUT2D eigenvalue weighted by molar-refractivity contribution is -0.139. The number of nitrogens with one attached hydrogen (secondary N) is 2. The number of halogens is 1. The Bertz CT molecular complexity index is 871. The first-order valence-corrected chi connectivity index (χ1v) is 11.7. The third-order valence-electron chi connectivity index (χ3n) is 6.12. The molecule has 160 valence electrons. The number of nitrogens with zero attached hydrogens (tertiary/aromatic N) is 3. The first-order valence-electron chi connectivity index (χ1n) is 10.5. The van der Waals surface area contributed by atoms with Crippen LogP contribution in [0.1, 0.15) is 44.9 Å². The van der Waals surface area contributed by atoms with Crippen LogP contribution in [0.15, 0.2) is 30.3 Å². The molecule has 2 aliphatic rings. The molecule has 9 heteroatoms. The second kappa shape index (κ2) is 9.85.